The Hall–Kier alpha value is -3.69. The third-order valence-corrected chi connectivity index (χ3v) is 6.33. The number of likely N-dealkylation sites (tertiary alicyclic amines) is 1. The van der Waals surface area contributed by atoms with Crippen LogP contribution in [0.15, 0.2) is 48.9 Å². The van der Waals surface area contributed by atoms with E-state index < -0.39 is 0 Å². The van der Waals surface area contributed by atoms with Gasteiger partial charge in [0.05, 0.1) is 41.8 Å². The predicted octanol–water partition coefficient (Wildman–Crippen LogP) is 4.34. The predicted molar refractivity (Wildman–Crippen MR) is 135 cm³/mol. The number of pyridine rings is 2. The van der Waals surface area contributed by atoms with E-state index in [0.717, 1.165) is 65.2 Å². The number of hydrogen-bond donors (Lipinski definition) is 3. The molecule has 0 bridgehead atoms. The fourth-order valence-electron chi connectivity index (χ4n) is 4.44. The quantitative estimate of drug-likeness (QED) is 0.329. The molecule has 1 saturated heterocycles. The van der Waals surface area contributed by atoms with Gasteiger partial charge < -0.3 is 19.9 Å². The second-order valence-electron chi connectivity index (χ2n) is 8.84. The molecule has 4 aromatic rings. The monoisotopic (exact) mass is 474 g/mol. The highest BCUT2D eigenvalue weighted by Crippen LogP contribution is 2.33. The minimum atomic E-state index is 0.191. The number of fused-ring (bicyclic) bond motifs is 1. The number of hydrogen-bond acceptors (Lipinski definition) is 8. The van der Waals surface area contributed by atoms with Crippen molar-refractivity contribution in [1.82, 2.24) is 25.1 Å². The van der Waals surface area contributed by atoms with Crippen LogP contribution in [0.2, 0.25) is 0 Å². The fourth-order valence-corrected chi connectivity index (χ4v) is 4.44. The number of aromatic amines is 1. The molecule has 0 radical (unpaired) electrons. The van der Waals surface area contributed by atoms with E-state index in [1.54, 1.807) is 18.6 Å². The molecule has 0 aliphatic carbocycles. The number of ether oxygens (including phenoxy) is 2. The van der Waals surface area contributed by atoms with Crippen LogP contribution >= 0.6 is 0 Å². The van der Waals surface area contributed by atoms with Crippen LogP contribution in [0.5, 0.6) is 17.4 Å². The van der Waals surface area contributed by atoms with E-state index in [4.69, 9.17) is 9.47 Å². The molecule has 3 aromatic heterocycles. The zero-order chi connectivity index (χ0) is 24.2. The molecule has 5 rings (SSSR count). The second kappa shape index (κ2) is 10.3. The average molecular weight is 475 g/mol. The van der Waals surface area contributed by atoms with Gasteiger partial charge in [0.15, 0.2) is 0 Å². The van der Waals surface area contributed by atoms with Crippen LogP contribution in [0, 0.1) is 13.8 Å². The first-order valence-corrected chi connectivity index (χ1v) is 11.9. The topological polar surface area (TPSA) is 108 Å². The van der Waals surface area contributed by atoms with Crippen molar-refractivity contribution in [3.63, 3.8) is 0 Å². The summed E-state index contributed by atoms with van der Waals surface area (Å²) in [6.45, 7) is 6.39. The maximum atomic E-state index is 9.53. The van der Waals surface area contributed by atoms with Gasteiger partial charge in [0, 0.05) is 24.0 Å². The van der Waals surface area contributed by atoms with Crippen LogP contribution in [0.25, 0.3) is 10.9 Å². The van der Waals surface area contributed by atoms with Gasteiger partial charge in [-0.1, -0.05) is 0 Å². The van der Waals surface area contributed by atoms with Gasteiger partial charge in [0.1, 0.15) is 18.1 Å². The zero-order valence-corrected chi connectivity index (χ0v) is 20.0. The standard InChI is InChI=1S/C26H30N6O3/c1-17-12-19(6-8-24(17)35-21-7-5-18(2)28-13-21)29-22-14-27-15-23-25(22)26(31-30-23)34-11-10-32-9-3-4-20(32)16-33/h5-8,12-15,20,29,33H,3-4,9-11,16H2,1-2H3,(H,30,31)/t20-/m1/s1. The summed E-state index contributed by atoms with van der Waals surface area (Å²) in [6.07, 6.45) is 7.38. The lowest BCUT2D eigenvalue weighted by molar-refractivity contribution is 0.138. The molecule has 3 N–H and O–H groups in total. The maximum absolute atomic E-state index is 9.53. The summed E-state index contributed by atoms with van der Waals surface area (Å²) in [5.41, 5.74) is 4.44. The molecule has 9 nitrogen and oxygen atoms in total. The second-order valence-corrected chi connectivity index (χ2v) is 8.84. The van der Waals surface area contributed by atoms with E-state index in [2.05, 4.69) is 30.4 Å². The van der Waals surface area contributed by atoms with Crippen LogP contribution in [-0.4, -0.2) is 62.5 Å². The first-order chi connectivity index (χ1) is 17.1. The molecule has 1 aromatic carbocycles. The molecule has 1 atom stereocenters. The Morgan fingerprint density at radius 1 is 1.17 bits per heavy atom. The summed E-state index contributed by atoms with van der Waals surface area (Å²) in [7, 11) is 0. The first-order valence-electron chi connectivity index (χ1n) is 11.9. The van der Waals surface area contributed by atoms with Crippen molar-refractivity contribution in [3.8, 4) is 17.4 Å². The lowest BCUT2D eigenvalue weighted by Crippen LogP contribution is -2.35. The highest BCUT2D eigenvalue weighted by molar-refractivity contribution is 5.96. The fraction of sp³-hybridized carbons (Fsp3) is 0.346. The summed E-state index contributed by atoms with van der Waals surface area (Å²) >= 11 is 0. The number of benzene rings is 1. The van der Waals surface area contributed by atoms with Crippen molar-refractivity contribution in [1.29, 1.82) is 0 Å². The number of aromatic nitrogens is 4. The molecule has 1 aliphatic heterocycles. The number of nitrogens with zero attached hydrogens (tertiary/aromatic N) is 4. The lowest BCUT2D eigenvalue weighted by atomic mass is 10.2. The Labute approximate surface area is 204 Å². The van der Waals surface area contributed by atoms with Crippen LogP contribution in [-0.2, 0) is 0 Å². The Balaban J connectivity index is 1.29. The smallest absolute Gasteiger partial charge is 0.242 e. The molecule has 0 spiro atoms. The third kappa shape index (κ3) is 5.21. The largest absolute Gasteiger partial charge is 0.475 e. The number of aryl methyl sites for hydroxylation is 2. The molecule has 4 heterocycles. The first kappa shape index (κ1) is 23.1. The number of anilines is 2. The minimum Gasteiger partial charge on any atom is -0.475 e. The van der Waals surface area contributed by atoms with Gasteiger partial charge in [-0.05, 0) is 69.1 Å². The van der Waals surface area contributed by atoms with E-state index in [-0.39, 0.29) is 12.6 Å². The SMILES string of the molecule is Cc1ccc(Oc2ccc(Nc3cncc4[nH]nc(OCCN5CCC[C@@H]5CO)c34)cc2C)cn1. The Bertz CT molecular complexity index is 1290. The van der Waals surface area contributed by atoms with Gasteiger partial charge in [-0.25, -0.2) is 0 Å². The molecular formula is C26H30N6O3. The van der Waals surface area contributed by atoms with Gasteiger partial charge in [0.25, 0.3) is 0 Å². The Morgan fingerprint density at radius 3 is 2.89 bits per heavy atom. The molecule has 35 heavy (non-hydrogen) atoms. The number of aliphatic hydroxyl groups is 1. The summed E-state index contributed by atoms with van der Waals surface area (Å²) in [6, 6.07) is 9.99. The highest BCUT2D eigenvalue weighted by atomic mass is 16.5. The minimum absolute atomic E-state index is 0.191. The number of rotatable bonds is 9. The maximum Gasteiger partial charge on any atom is 0.242 e. The molecule has 182 valence electrons. The molecule has 0 amide bonds. The van der Waals surface area contributed by atoms with E-state index in [1.165, 1.54) is 0 Å². The zero-order valence-electron chi connectivity index (χ0n) is 20.0. The van der Waals surface area contributed by atoms with Gasteiger partial charge in [-0.15, -0.1) is 5.10 Å². The highest BCUT2D eigenvalue weighted by Gasteiger charge is 2.23. The van der Waals surface area contributed by atoms with E-state index in [0.29, 0.717) is 18.2 Å². The molecule has 0 unspecified atom stereocenters. The van der Waals surface area contributed by atoms with Gasteiger partial charge >= 0.3 is 0 Å². The van der Waals surface area contributed by atoms with Gasteiger partial charge in [0.2, 0.25) is 5.88 Å². The van der Waals surface area contributed by atoms with Crippen molar-refractivity contribution in [2.24, 2.45) is 0 Å². The van der Waals surface area contributed by atoms with E-state index in [9.17, 15) is 5.11 Å². The molecule has 1 fully saturated rings. The lowest BCUT2D eigenvalue weighted by Gasteiger charge is -2.22. The van der Waals surface area contributed by atoms with E-state index in [1.807, 2.05) is 44.2 Å². The average Bonchev–Trinajstić information content (AvgIpc) is 3.49. The van der Waals surface area contributed by atoms with Crippen molar-refractivity contribution in [3.05, 3.63) is 60.2 Å². The molecule has 1 aliphatic rings. The van der Waals surface area contributed by atoms with Crippen molar-refractivity contribution in [2.45, 2.75) is 32.7 Å². The summed E-state index contributed by atoms with van der Waals surface area (Å²) in [5, 5.41) is 21.2. The van der Waals surface area contributed by atoms with Crippen molar-refractivity contribution >= 4 is 22.3 Å². The molecular weight excluding hydrogens is 444 g/mol. The van der Waals surface area contributed by atoms with Gasteiger partial charge in [-0.2, -0.15) is 0 Å². The molecule has 9 heteroatoms. The van der Waals surface area contributed by atoms with Gasteiger partial charge in [-0.3, -0.25) is 20.0 Å². The van der Waals surface area contributed by atoms with Crippen LogP contribution < -0.4 is 14.8 Å². The van der Waals surface area contributed by atoms with Crippen molar-refractivity contribution < 1.29 is 14.6 Å². The summed E-state index contributed by atoms with van der Waals surface area (Å²) in [5.74, 6) is 2.01. The number of H-pyrrole nitrogens is 1. The van der Waals surface area contributed by atoms with Crippen LogP contribution in [0.1, 0.15) is 24.1 Å². The van der Waals surface area contributed by atoms with Crippen molar-refractivity contribution in [2.75, 3.05) is 31.6 Å². The van der Waals surface area contributed by atoms with Crippen LogP contribution in [0.3, 0.4) is 0 Å². The molecule has 0 saturated carbocycles. The Kier molecular flexibility index (Phi) is 6.78. The van der Waals surface area contributed by atoms with Crippen LogP contribution in [0.4, 0.5) is 11.4 Å². The normalized spacial score (nSPS) is 16.0. The summed E-state index contributed by atoms with van der Waals surface area (Å²) < 4.78 is 12.0. The third-order valence-electron chi connectivity index (χ3n) is 6.33. The number of aliphatic hydroxyl groups excluding tert-OH is 1. The summed E-state index contributed by atoms with van der Waals surface area (Å²) in [4.78, 5) is 10.9. The Morgan fingerprint density at radius 2 is 2.09 bits per heavy atom. The van der Waals surface area contributed by atoms with E-state index >= 15 is 0 Å². The number of nitrogens with one attached hydrogen (secondary N) is 2.